The van der Waals surface area contributed by atoms with Crippen molar-refractivity contribution in [1.82, 2.24) is 9.88 Å². The lowest BCUT2D eigenvalue weighted by Gasteiger charge is -2.14. The molecule has 4 rings (SSSR count). The molecule has 1 saturated heterocycles. The van der Waals surface area contributed by atoms with Gasteiger partial charge in [0.2, 0.25) is 0 Å². The van der Waals surface area contributed by atoms with E-state index in [1.54, 1.807) is 0 Å². The molecule has 0 atom stereocenters. The number of carbonyl (C=O) groups is 1. The maximum atomic E-state index is 13.0. The van der Waals surface area contributed by atoms with E-state index in [0.29, 0.717) is 0 Å². The normalized spacial score (nSPS) is 14.1. The molecule has 1 fully saturated rings. The Morgan fingerprint density at radius 1 is 0.875 bits per heavy atom. The largest absolute Gasteiger partial charge is 0.338 e. The van der Waals surface area contributed by atoms with Gasteiger partial charge in [-0.05, 0) is 12.8 Å². The van der Waals surface area contributed by atoms with Crippen LogP contribution in [0.2, 0.25) is 0 Å². The number of aromatic nitrogens is 1. The lowest BCUT2D eigenvalue weighted by molar-refractivity contribution is 0.0798. The predicted octanol–water partition coefficient (Wildman–Crippen LogP) is 4.71. The SMILES string of the molecule is O=C(c1sc(-c2ccccc2)nc1-c1ccccc1)N1CCCC1. The summed E-state index contributed by atoms with van der Waals surface area (Å²) >= 11 is 1.50. The molecule has 1 aromatic heterocycles. The molecule has 3 nitrogen and oxygen atoms in total. The third kappa shape index (κ3) is 2.85. The minimum atomic E-state index is 0.117. The zero-order chi connectivity index (χ0) is 16.4. The van der Waals surface area contributed by atoms with Crippen molar-refractivity contribution in [3.63, 3.8) is 0 Å². The number of carbonyl (C=O) groups excluding carboxylic acids is 1. The van der Waals surface area contributed by atoms with Crippen molar-refractivity contribution < 1.29 is 4.79 Å². The van der Waals surface area contributed by atoms with Crippen LogP contribution in [0.15, 0.2) is 60.7 Å². The van der Waals surface area contributed by atoms with Crippen LogP contribution in [-0.2, 0) is 0 Å². The maximum Gasteiger partial charge on any atom is 0.266 e. The molecular formula is C20H18N2OS. The van der Waals surface area contributed by atoms with E-state index in [2.05, 4.69) is 0 Å². The summed E-state index contributed by atoms with van der Waals surface area (Å²) in [5.74, 6) is 0.117. The topological polar surface area (TPSA) is 33.2 Å². The standard InChI is InChI=1S/C20H18N2OS/c23-20(22-13-7-8-14-22)18-17(15-9-3-1-4-10-15)21-19(24-18)16-11-5-2-6-12-16/h1-6,9-12H,7-8,13-14H2. The highest BCUT2D eigenvalue weighted by molar-refractivity contribution is 7.17. The zero-order valence-corrected chi connectivity index (χ0v) is 14.1. The lowest BCUT2D eigenvalue weighted by atomic mass is 10.1. The van der Waals surface area contributed by atoms with E-state index < -0.39 is 0 Å². The van der Waals surface area contributed by atoms with E-state index in [0.717, 1.165) is 52.6 Å². The lowest BCUT2D eigenvalue weighted by Crippen LogP contribution is -2.27. The Labute approximate surface area is 145 Å². The molecule has 1 aliphatic heterocycles. The van der Waals surface area contributed by atoms with Crippen molar-refractivity contribution in [1.29, 1.82) is 0 Å². The van der Waals surface area contributed by atoms with Crippen molar-refractivity contribution in [3.05, 3.63) is 65.5 Å². The summed E-state index contributed by atoms with van der Waals surface area (Å²) in [5, 5.41) is 0.900. The monoisotopic (exact) mass is 334 g/mol. The van der Waals surface area contributed by atoms with Crippen LogP contribution in [0.25, 0.3) is 21.8 Å². The molecule has 3 aromatic rings. The first kappa shape index (κ1) is 15.1. The van der Waals surface area contributed by atoms with Gasteiger partial charge in [-0.3, -0.25) is 4.79 Å². The Hall–Kier alpha value is -2.46. The molecule has 0 bridgehead atoms. The van der Waals surface area contributed by atoms with Crippen molar-refractivity contribution in [2.45, 2.75) is 12.8 Å². The van der Waals surface area contributed by atoms with Crippen LogP contribution in [0.5, 0.6) is 0 Å². The Kier molecular flexibility index (Phi) is 4.13. The molecule has 0 aliphatic carbocycles. The van der Waals surface area contributed by atoms with Crippen LogP contribution in [0.1, 0.15) is 22.5 Å². The molecule has 4 heteroatoms. The molecule has 120 valence electrons. The number of nitrogens with zero attached hydrogens (tertiary/aromatic N) is 2. The number of thiazole rings is 1. The molecule has 0 radical (unpaired) electrons. The van der Waals surface area contributed by atoms with Crippen LogP contribution in [0.4, 0.5) is 0 Å². The number of amides is 1. The second kappa shape index (κ2) is 6.57. The van der Waals surface area contributed by atoms with Crippen molar-refractivity contribution >= 4 is 17.2 Å². The Balaban J connectivity index is 1.81. The molecule has 0 unspecified atom stereocenters. The third-order valence-electron chi connectivity index (χ3n) is 4.28. The smallest absolute Gasteiger partial charge is 0.266 e. The van der Waals surface area contributed by atoms with Gasteiger partial charge in [0, 0.05) is 24.2 Å². The van der Waals surface area contributed by atoms with Gasteiger partial charge in [0.1, 0.15) is 9.88 Å². The van der Waals surface area contributed by atoms with Crippen molar-refractivity contribution in [2.75, 3.05) is 13.1 Å². The molecule has 0 spiro atoms. The molecule has 1 aliphatic rings. The van der Waals surface area contributed by atoms with Crippen LogP contribution in [0, 0.1) is 0 Å². The molecule has 0 N–H and O–H groups in total. The number of benzene rings is 2. The first-order valence-electron chi connectivity index (χ1n) is 8.24. The maximum absolute atomic E-state index is 13.0. The summed E-state index contributed by atoms with van der Waals surface area (Å²) in [6.07, 6.45) is 2.19. The molecular weight excluding hydrogens is 316 g/mol. The van der Waals surface area contributed by atoms with Gasteiger partial charge in [0.25, 0.3) is 5.91 Å². The van der Waals surface area contributed by atoms with Crippen LogP contribution in [-0.4, -0.2) is 28.9 Å². The second-order valence-corrected chi connectivity index (χ2v) is 6.93. The minimum absolute atomic E-state index is 0.117. The van der Waals surface area contributed by atoms with E-state index >= 15 is 0 Å². The predicted molar refractivity (Wildman–Crippen MR) is 98.1 cm³/mol. The summed E-state index contributed by atoms with van der Waals surface area (Å²) < 4.78 is 0. The average molecular weight is 334 g/mol. The van der Waals surface area contributed by atoms with E-state index in [-0.39, 0.29) is 5.91 Å². The first-order valence-corrected chi connectivity index (χ1v) is 9.05. The fourth-order valence-corrected chi connectivity index (χ4v) is 4.09. The van der Waals surface area contributed by atoms with Crippen LogP contribution in [0.3, 0.4) is 0 Å². The van der Waals surface area contributed by atoms with E-state index in [4.69, 9.17) is 4.98 Å². The van der Waals surface area contributed by atoms with Crippen molar-refractivity contribution in [2.24, 2.45) is 0 Å². The summed E-state index contributed by atoms with van der Waals surface area (Å²) in [7, 11) is 0. The zero-order valence-electron chi connectivity index (χ0n) is 13.3. The van der Waals surface area contributed by atoms with Crippen LogP contribution < -0.4 is 0 Å². The molecule has 2 heterocycles. The van der Waals surface area contributed by atoms with Crippen molar-refractivity contribution in [3.8, 4) is 21.8 Å². The summed E-state index contributed by atoms with van der Waals surface area (Å²) in [6, 6.07) is 20.1. The quantitative estimate of drug-likeness (QED) is 0.695. The highest BCUT2D eigenvalue weighted by Crippen LogP contribution is 2.35. The second-order valence-electron chi connectivity index (χ2n) is 5.93. The van der Waals surface area contributed by atoms with E-state index in [9.17, 15) is 4.79 Å². The highest BCUT2D eigenvalue weighted by Gasteiger charge is 2.26. The van der Waals surface area contributed by atoms with E-state index in [1.807, 2.05) is 65.6 Å². The van der Waals surface area contributed by atoms with Gasteiger partial charge in [0.15, 0.2) is 0 Å². The molecule has 0 saturated carbocycles. The first-order chi connectivity index (χ1) is 11.8. The third-order valence-corrected chi connectivity index (χ3v) is 5.38. The fraction of sp³-hybridized carbons (Fsp3) is 0.200. The average Bonchev–Trinajstić information content (AvgIpc) is 3.33. The van der Waals surface area contributed by atoms with Gasteiger partial charge < -0.3 is 4.90 Å². The summed E-state index contributed by atoms with van der Waals surface area (Å²) in [6.45, 7) is 1.71. The molecule has 1 amide bonds. The van der Waals surface area contributed by atoms with E-state index in [1.165, 1.54) is 11.3 Å². The van der Waals surface area contributed by atoms with Gasteiger partial charge in [-0.1, -0.05) is 60.7 Å². The summed E-state index contributed by atoms with van der Waals surface area (Å²) in [5.41, 5.74) is 2.86. The van der Waals surface area contributed by atoms with Gasteiger partial charge in [-0.25, -0.2) is 4.98 Å². The Morgan fingerprint density at radius 2 is 1.46 bits per heavy atom. The van der Waals surface area contributed by atoms with Crippen LogP contribution >= 0.6 is 11.3 Å². The summed E-state index contributed by atoms with van der Waals surface area (Å²) in [4.78, 5) is 20.5. The minimum Gasteiger partial charge on any atom is -0.338 e. The van der Waals surface area contributed by atoms with Gasteiger partial charge in [-0.2, -0.15) is 0 Å². The molecule has 2 aromatic carbocycles. The van der Waals surface area contributed by atoms with Gasteiger partial charge in [-0.15, -0.1) is 11.3 Å². The Morgan fingerprint density at radius 3 is 2.08 bits per heavy atom. The number of hydrogen-bond donors (Lipinski definition) is 0. The molecule has 24 heavy (non-hydrogen) atoms. The Bertz CT molecular complexity index is 837. The fourth-order valence-electron chi connectivity index (χ4n) is 3.02. The number of likely N-dealkylation sites (tertiary alicyclic amines) is 1. The number of hydrogen-bond acceptors (Lipinski definition) is 3. The number of rotatable bonds is 3. The highest BCUT2D eigenvalue weighted by atomic mass is 32.1. The van der Waals surface area contributed by atoms with Gasteiger partial charge >= 0.3 is 0 Å². The van der Waals surface area contributed by atoms with Gasteiger partial charge in [0.05, 0.1) is 5.69 Å².